The van der Waals surface area contributed by atoms with Gasteiger partial charge >= 0.3 is 0 Å². The number of hydrogen-bond acceptors (Lipinski definition) is 2. The molecular formula is C14H19Cl2O2. The predicted octanol–water partition coefficient (Wildman–Crippen LogP) is 3.08. The number of hydrogen-bond donors (Lipinski definition) is 0. The van der Waals surface area contributed by atoms with Crippen LogP contribution in [0.25, 0.3) is 0 Å². The first kappa shape index (κ1) is 15.8. The van der Waals surface area contributed by atoms with Gasteiger partial charge in [0.15, 0.2) is 0 Å². The van der Waals surface area contributed by atoms with E-state index in [4.69, 9.17) is 32.7 Å². The van der Waals surface area contributed by atoms with Crippen LogP contribution >= 0.6 is 23.2 Å². The molecule has 1 rings (SSSR count). The molecule has 0 saturated heterocycles. The van der Waals surface area contributed by atoms with Crippen molar-refractivity contribution in [3.63, 3.8) is 0 Å². The van der Waals surface area contributed by atoms with Gasteiger partial charge in [-0.05, 0) is 23.6 Å². The maximum absolute atomic E-state index is 5.82. The van der Waals surface area contributed by atoms with Gasteiger partial charge in [-0.25, -0.2) is 0 Å². The van der Waals surface area contributed by atoms with Crippen LogP contribution in [0, 0.1) is 6.07 Å². The van der Waals surface area contributed by atoms with Gasteiger partial charge in [-0.3, -0.25) is 0 Å². The van der Waals surface area contributed by atoms with Gasteiger partial charge in [0.05, 0.1) is 12.2 Å². The van der Waals surface area contributed by atoms with Crippen molar-refractivity contribution in [2.75, 3.05) is 26.0 Å². The molecule has 101 valence electrons. The summed E-state index contributed by atoms with van der Waals surface area (Å²) in [4.78, 5) is 0. The normalized spacial score (nSPS) is 14.4. The second kappa shape index (κ2) is 8.76. The number of methoxy groups -OCH3 is 2. The van der Waals surface area contributed by atoms with Gasteiger partial charge in [-0.1, -0.05) is 18.2 Å². The molecule has 18 heavy (non-hydrogen) atoms. The second-order valence-corrected chi connectivity index (χ2v) is 4.77. The molecule has 0 aliphatic heterocycles. The third-order valence-corrected chi connectivity index (χ3v) is 3.54. The molecule has 0 aliphatic carbocycles. The summed E-state index contributed by atoms with van der Waals surface area (Å²) in [5.41, 5.74) is 2.30. The molecule has 2 nitrogen and oxygen atoms in total. The monoisotopic (exact) mass is 289 g/mol. The highest BCUT2D eigenvalue weighted by molar-refractivity contribution is 6.18. The van der Waals surface area contributed by atoms with E-state index in [1.165, 1.54) is 5.56 Å². The largest absolute Gasteiger partial charge is 0.380 e. The Morgan fingerprint density at radius 2 is 1.72 bits per heavy atom. The van der Waals surface area contributed by atoms with Gasteiger partial charge in [0, 0.05) is 32.4 Å². The van der Waals surface area contributed by atoms with Gasteiger partial charge in [0.2, 0.25) is 0 Å². The van der Waals surface area contributed by atoms with Crippen LogP contribution in [0.5, 0.6) is 0 Å². The lowest BCUT2D eigenvalue weighted by molar-refractivity contribution is 0.120. The van der Waals surface area contributed by atoms with Gasteiger partial charge in [0.1, 0.15) is 0 Å². The van der Waals surface area contributed by atoms with E-state index >= 15 is 0 Å². The predicted molar refractivity (Wildman–Crippen MR) is 75.7 cm³/mol. The van der Waals surface area contributed by atoms with E-state index in [0.717, 1.165) is 18.4 Å². The van der Waals surface area contributed by atoms with Crippen molar-refractivity contribution in [2.24, 2.45) is 0 Å². The lowest BCUT2D eigenvalue weighted by atomic mass is 10.0. The Hall–Kier alpha value is -0.280. The van der Waals surface area contributed by atoms with Crippen molar-refractivity contribution in [1.82, 2.24) is 0 Å². The van der Waals surface area contributed by atoms with Crippen molar-refractivity contribution < 1.29 is 9.47 Å². The molecule has 1 radical (unpaired) electrons. The van der Waals surface area contributed by atoms with Crippen LogP contribution in [0.1, 0.15) is 11.1 Å². The molecule has 0 bridgehead atoms. The standard InChI is InChI=1S/C14H19Cl2O2/c1-17-13(9-15)7-11-4-3-5-12(6-11)8-14(10-16)18-2/h3-4,6,13-14H,7-10H2,1-2H3. The molecule has 0 amide bonds. The van der Waals surface area contributed by atoms with E-state index in [0.29, 0.717) is 11.8 Å². The third kappa shape index (κ3) is 5.15. The third-order valence-electron chi connectivity index (χ3n) is 2.85. The Balaban J connectivity index is 2.66. The molecule has 1 aromatic rings. The maximum Gasteiger partial charge on any atom is 0.0747 e. The summed E-state index contributed by atoms with van der Waals surface area (Å²) in [6.45, 7) is 0. The molecular weight excluding hydrogens is 271 g/mol. The Kier molecular flexibility index (Phi) is 7.68. The van der Waals surface area contributed by atoms with E-state index < -0.39 is 0 Å². The Morgan fingerprint density at radius 1 is 1.11 bits per heavy atom. The number of alkyl halides is 2. The summed E-state index contributed by atoms with van der Waals surface area (Å²) in [5.74, 6) is 0.976. The van der Waals surface area contributed by atoms with E-state index in [1.54, 1.807) is 14.2 Å². The number of ether oxygens (including phenoxy) is 2. The fourth-order valence-electron chi connectivity index (χ4n) is 1.72. The highest BCUT2D eigenvalue weighted by Crippen LogP contribution is 2.12. The molecule has 2 unspecified atom stereocenters. The molecule has 0 heterocycles. The molecule has 0 spiro atoms. The zero-order chi connectivity index (χ0) is 13.4. The summed E-state index contributed by atoms with van der Waals surface area (Å²) in [6.07, 6.45) is 1.66. The zero-order valence-corrected chi connectivity index (χ0v) is 12.3. The van der Waals surface area contributed by atoms with Crippen molar-refractivity contribution in [1.29, 1.82) is 0 Å². The highest BCUT2D eigenvalue weighted by Gasteiger charge is 2.10. The van der Waals surface area contributed by atoms with Crippen molar-refractivity contribution in [3.05, 3.63) is 35.4 Å². The van der Waals surface area contributed by atoms with E-state index in [-0.39, 0.29) is 12.2 Å². The second-order valence-electron chi connectivity index (χ2n) is 4.15. The number of benzene rings is 1. The fourth-order valence-corrected chi connectivity index (χ4v) is 2.19. The van der Waals surface area contributed by atoms with Crippen LogP contribution in [0.15, 0.2) is 18.2 Å². The molecule has 0 aromatic heterocycles. The smallest absolute Gasteiger partial charge is 0.0747 e. The molecule has 4 heteroatoms. The molecule has 2 atom stereocenters. The van der Waals surface area contributed by atoms with E-state index in [9.17, 15) is 0 Å². The number of halogens is 2. The van der Waals surface area contributed by atoms with E-state index in [2.05, 4.69) is 12.1 Å². The lowest BCUT2D eigenvalue weighted by Gasteiger charge is -2.14. The average Bonchev–Trinajstić information content (AvgIpc) is 2.42. The highest BCUT2D eigenvalue weighted by atomic mass is 35.5. The molecule has 1 aromatic carbocycles. The van der Waals surface area contributed by atoms with Crippen LogP contribution in [0.4, 0.5) is 0 Å². The summed E-state index contributed by atoms with van der Waals surface area (Å²) < 4.78 is 10.5. The van der Waals surface area contributed by atoms with Crippen LogP contribution < -0.4 is 0 Å². The van der Waals surface area contributed by atoms with Crippen LogP contribution in [0.2, 0.25) is 0 Å². The minimum Gasteiger partial charge on any atom is -0.380 e. The minimum absolute atomic E-state index is 0.0319. The molecule has 0 aliphatic rings. The summed E-state index contributed by atoms with van der Waals surface area (Å²) in [7, 11) is 3.35. The minimum atomic E-state index is 0.0319. The van der Waals surface area contributed by atoms with Crippen molar-refractivity contribution in [3.8, 4) is 0 Å². The lowest BCUT2D eigenvalue weighted by Crippen LogP contribution is -2.17. The average molecular weight is 290 g/mol. The molecule has 0 fully saturated rings. The number of rotatable bonds is 8. The molecule has 0 N–H and O–H groups in total. The van der Waals surface area contributed by atoms with Crippen LogP contribution in [-0.2, 0) is 22.3 Å². The fraction of sp³-hybridized carbons (Fsp3) is 0.571. The van der Waals surface area contributed by atoms with Gasteiger partial charge in [-0.2, -0.15) is 0 Å². The SMILES string of the molecule is COC(CCl)Cc1[c]ccc(CC(CCl)OC)c1. The first-order valence-corrected chi connectivity index (χ1v) is 6.97. The summed E-state index contributed by atoms with van der Waals surface area (Å²) in [6, 6.07) is 9.27. The van der Waals surface area contributed by atoms with E-state index in [1.807, 2.05) is 12.1 Å². The maximum atomic E-state index is 5.82. The topological polar surface area (TPSA) is 18.5 Å². The Labute approximate surface area is 119 Å². The van der Waals surface area contributed by atoms with Crippen LogP contribution in [-0.4, -0.2) is 38.2 Å². The van der Waals surface area contributed by atoms with Crippen LogP contribution in [0.3, 0.4) is 0 Å². The first-order valence-electron chi connectivity index (χ1n) is 5.90. The van der Waals surface area contributed by atoms with Gasteiger partial charge in [-0.15, -0.1) is 23.2 Å². The van der Waals surface area contributed by atoms with Gasteiger partial charge < -0.3 is 9.47 Å². The first-order chi connectivity index (χ1) is 8.73. The Morgan fingerprint density at radius 3 is 2.28 bits per heavy atom. The summed E-state index contributed by atoms with van der Waals surface area (Å²) in [5, 5.41) is 0. The van der Waals surface area contributed by atoms with Crippen molar-refractivity contribution in [2.45, 2.75) is 25.0 Å². The van der Waals surface area contributed by atoms with Crippen molar-refractivity contribution >= 4 is 23.2 Å². The quantitative estimate of drug-likeness (QED) is 0.685. The zero-order valence-electron chi connectivity index (χ0n) is 10.8. The summed E-state index contributed by atoms with van der Waals surface area (Å²) >= 11 is 11.6. The molecule has 0 saturated carbocycles. The van der Waals surface area contributed by atoms with Gasteiger partial charge in [0.25, 0.3) is 0 Å². The Bertz CT molecular complexity index is 307.